The standard InChI is InChI=1S/C16H23NOS/c1-13-9-7-8-12-17(13)15(18)19-16(2,3)14-10-5-4-6-11-14/h4-6,10-11,13H,7-9,12H2,1-3H3. The number of hydrogen-bond acceptors (Lipinski definition) is 2. The molecule has 1 aromatic carbocycles. The van der Waals surface area contributed by atoms with Crippen LogP contribution in [0.1, 0.15) is 45.6 Å². The molecule has 0 aliphatic carbocycles. The van der Waals surface area contributed by atoms with Crippen LogP contribution < -0.4 is 0 Å². The van der Waals surface area contributed by atoms with E-state index in [1.165, 1.54) is 23.7 Å². The molecule has 2 rings (SSSR count). The Labute approximate surface area is 120 Å². The second-order valence-corrected chi connectivity index (χ2v) is 7.36. The summed E-state index contributed by atoms with van der Waals surface area (Å²) < 4.78 is -0.171. The summed E-state index contributed by atoms with van der Waals surface area (Å²) in [4.78, 5) is 14.5. The van der Waals surface area contributed by atoms with Gasteiger partial charge in [-0.2, -0.15) is 0 Å². The zero-order valence-corrected chi connectivity index (χ0v) is 12.9. The van der Waals surface area contributed by atoms with Gasteiger partial charge in [-0.15, -0.1) is 0 Å². The minimum absolute atomic E-state index is 0.171. The number of amides is 1. The monoisotopic (exact) mass is 277 g/mol. The predicted octanol–water partition coefficient (Wildman–Crippen LogP) is 4.65. The molecule has 1 aliphatic heterocycles. The van der Waals surface area contributed by atoms with Gasteiger partial charge in [0, 0.05) is 17.3 Å². The van der Waals surface area contributed by atoms with E-state index in [0.717, 1.165) is 19.4 Å². The van der Waals surface area contributed by atoms with Gasteiger partial charge < -0.3 is 4.90 Å². The van der Waals surface area contributed by atoms with Gasteiger partial charge in [-0.25, -0.2) is 0 Å². The Balaban J connectivity index is 2.05. The molecule has 0 N–H and O–H groups in total. The maximum atomic E-state index is 12.5. The highest BCUT2D eigenvalue weighted by atomic mass is 32.2. The quantitative estimate of drug-likeness (QED) is 0.784. The van der Waals surface area contributed by atoms with Crippen molar-refractivity contribution in [3.8, 4) is 0 Å². The van der Waals surface area contributed by atoms with Gasteiger partial charge in [-0.1, -0.05) is 42.1 Å². The number of piperidine rings is 1. The fraction of sp³-hybridized carbons (Fsp3) is 0.562. The SMILES string of the molecule is CC1CCCCN1C(=O)SC(C)(C)c1ccccc1. The maximum absolute atomic E-state index is 12.5. The van der Waals surface area contributed by atoms with Crippen molar-refractivity contribution in [2.24, 2.45) is 0 Å². The number of nitrogens with zero attached hydrogens (tertiary/aromatic N) is 1. The van der Waals surface area contributed by atoms with Crippen LogP contribution in [0.4, 0.5) is 4.79 Å². The zero-order chi connectivity index (χ0) is 13.9. The summed E-state index contributed by atoms with van der Waals surface area (Å²) in [7, 11) is 0. The highest BCUT2D eigenvalue weighted by molar-refractivity contribution is 8.14. The fourth-order valence-corrected chi connectivity index (χ4v) is 3.62. The van der Waals surface area contributed by atoms with Gasteiger partial charge >= 0.3 is 0 Å². The highest BCUT2D eigenvalue weighted by Crippen LogP contribution is 2.38. The van der Waals surface area contributed by atoms with E-state index >= 15 is 0 Å². The Morgan fingerprint density at radius 1 is 1.26 bits per heavy atom. The molecule has 0 radical (unpaired) electrons. The minimum atomic E-state index is -0.171. The number of carbonyl (C=O) groups excluding carboxylic acids is 1. The number of thioether (sulfide) groups is 1. The summed E-state index contributed by atoms with van der Waals surface area (Å²) in [6.45, 7) is 7.32. The van der Waals surface area contributed by atoms with E-state index in [-0.39, 0.29) is 9.99 Å². The lowest BCUT2D eigenvalue weighted by molar-refractivity contribution is 0.181. The van der Waals surface area contributed by atoms with Gasteiger partial charge in [0.15, 0.2) is 0 Å². The first-order chi connectivity index (χ1) is 9.00. The van der Waals surface area contributed by atoms with Crippen LogP contribution in [0.5, 0.6) is 0 Å². The van der Waals surface area contributed by atoms with Crippen LogP contribution in [0, 0.1) is 0 Å². The molecule has 2 nitrogen and oxygen atoms in total. The van der Waals surface area contributed by atoms with Gasteiger partial charge in [0.2, 0.25) is 0 Å². The van der Waals surface area contributed by atoms with Crippen LogP contribution in [0.15, 0.2) is 30.3 Å². The molecule has 0 spiro atoms. The van der Waals surface area contributed by atoms with Crippen LogP contribution in [0.25, 0.3) is 0 Å². The van der Waals surface area contributed by atoms with Gasteiger partial charge in [-0.05, 0) is 45.6 Å². The third-order valence-corrected chi connectivity index (χ3v) is 5.00. The van der Waals surface area contributed by atoms with E-state index in [2.05, 4.69) is 32.9 Å². The second-order valence-electron chi connectivity index (χ2n) is 5.78. The molecule has 1 aliphatic rings. The van der Waals surface area contributed by atoms with Crippen LogP contribution in [-0.2, 0) is 4.75 Å². The van der Waals surface area contributed by atoms with Crippen molar-refractivity contribution >= 4 is 17.0 Å². The number of benzene rings is 1. The Bertz CT molecular complexity index is 430. The molecule has 0 bridgehead atoms. The van der Waals surface area contributed by atoms with Crippen LogP contribution in [0.3, 0.4) is 0 Å². The first kappa shape index (κ1) is 14.4. The zero-order valence-electron chi connectivity index (χ0n) is 12.1. The lowest BCUT2D eigenvalue weighted by Gasteiger charge is -2.35. The van der Waals surface area contributed by atoms with E-state index in [0.29, 0.717) is 6.04 Å². The average molecular weight is 277 g/mol. The Morgan fingerprint density at radius 3 is 2.58 bits per heavy atom. The van der Waals surface area contributed by atoms with Gasteiger partial charge in [0.05, 0.1) is 0 Å². The summed E-state index contributed by atoms with van der Waals surface area (Å²) in [5, 5.41) is 0.223. The first-order valence-corrected chi connectivity index (χ1v) is 7.87. The Hall–Kier alpha value is -0.960. The average Bonchev–Trinajstić information content (AvgIpc) is 2.39. The third kappa shape index (κ3) is 3.53. The molecule has 1 aromatic rings. The van der Waals surface area contributed by atoms with Crippen molar-refractivity contribution in [1.82, 2.24) is 4.90 Å². The van der Waals surface area contributed by atoms with E-state index in [4.69, 9.17) is 0 Å². The van der Waals surface area contributed by atoms with E-state index in [1.54, 1.807) is 0 Å². The number of rotatable bonds is 2. The summed E-state index contributed by atoms with van der Waals surface area (Å²) in [5.74, 6) is 0. The maximum Gasteiger partial charge on any atom is 0.282 e. The Morgan fingerprint density at radius 2 is 1.95 bits per heavy atom. The van der Waals surface area contributed by atoms with Crippen molar-refractivity contribution in [1.29, 1.82) is 0 Å². The summed E-state index contributed by atoms with van der Waals surface area (Å²) >= 11 is 1.45. The van der Waals surface area contributed by atoms with Gasteiger partial charge in [0.1, 0.15) is 0 Å². The van der Waals surface area contributed by atoms with Crippen molar-refractivity contribution < 1.29 is 4.79 Å². The van der Waals surface area contributed by atoms with E-state index < -0.39 is 0 Å². The largest absolute Gasteiger partial charge is 0.331 e. The lowest BCUT2D eigenvalue weighted by atomic mass is 10.0. The molecule has 3 heteroatoms. The van der Waals surface area contributed by atoms with Crippen molar-refractivity contribution in [2.75, 3.05) is 6.54 Å². The topological polar surface area (TPSA) is 20.3 Å². The molecule has 1 amide bonds. The van der Waals surface area contributed by atoms with Gasteiger partial charge in [0.25, 0.3) is 5.24 Å². The first-order valence-electron chi connectivity index (χ1n) is 7.06. The predicted molar refractivity (Wildman–Crippen MR) is 82.5 cm³/mol. The molecule has 0 saturated carbocycles. The molecular formula is C16H23NOS. The van der Waals surface area contributed by atoms with Crippen LogP contribution >= 0.6 is 11.8 Å². The summed E-state index contributed by atoms with van der Waals surface area (Å²) in [6, 6.07) is 10.7. The highest BCUT2D eigenvalue weighted by Gasteiger charge is 2.30. The van der Waals surface area contributed by atoms with Crippen LogP contribution in [-0.4, -0.2) is 22.7 Å². The van der Waals surface area contributed by atoms with Crippen LogP contribution in [0.2, 0.25) is 0 Å². The van der Waals surface area contributed by atoms with Crippen molar-refractivity contribution in [2.45, 2.75) is 50.8 Å². The molecule has 1 unspecified atom stereocenters. The third-order valence-electron chi connectivity index (χ3n) is 3.85. The van der Waals surface area contributed by atoms with Crippen molar-refractivity contribution in [3.63, 3.8) is 0 Å². The second kappa shape index (κ2) is 6.00. The lowest BCUT2D eigenvalue weighted by Crippen LogP contribution is -2.41. The normalized spacial score (nSPS) is 20.4. The molecule has 1 saturated heterocycles. The number of hydrogen-bond donors (Lipinski definition) is 0. The Kier molecular flexibility index (Phi) is 4.56. The van der Waals surface area contributed by atoms with Gasteiger partial charge in [-0.3, -0.25) is 4.79 Å². The molecule has 1 heterocycles. The van der Waals surface area contributed by atoms with E-state index in [1.807, 2.05) is 23.1 Å². The van der Waals surface area contributed by atoms with E-state index in [9.17, 15) is 4.79 Å². The fourth-order valence-electron chi connectivity index (χ4n) is 2.54. The molecule has 104 valence electrons. The molecule has 19 heavy (non-hydrogen) atoms. The minimum Gasteiger partial charge on any atom is -0.331 e. The molecular weight excluding hydrogens is 254 g/mol. The smallest absolute Gasteiger partial charge is 0.282 e. The molecule has 1 atom stereocenters. The number of likely N-dealkylation sites (tertiary alicyclic amines) is 1. The number of carbonyl (C=O) groups is 1. The summed E-state index contributed by atoms with van der Waals surface area (Å²) in [5.41, 5.74) is 1.21. The van der Waals surface area contributed by atoms with Crippen molar-refractivity contribution in [3.05, 3.63) is 35.9 Å². The molecule has 0 aromatic heterocycles. The summed E-state index contributed by atoms with van der Waals surface area (Å²) in [6.07, 6.45) is 3.53. The molecule has 1 fully saturated rings.